The number of aliphatic hydroxyl groups is 2. The first kappa shape index (κ1) is 26.2. The van der Waals surface area contributed by atoms with Gasteiger partial charge in [-0.3, -0.25) is 9.59 Å². The molecule has 2 heterocycles. The Labute approximate surface area is 197 Å². The molecule has 2 aliphatic heterocycles. The summed E-state index contributed by atoms with van der Waals surface area (Å²) in [4.78, 5) is 24.8. The van der Waals surface area contributed by atoms with Crippen LogP contribution in [0.5, 0.6) is 0 Å². The molecule has 0 aromatic rings. The second kappa shape index (κ2) is 9.67. The molecule has 2 N–H and O–H groups in total. The van der Waals surface area contributed by atoms with E-state index in [9.17, 15) is 19.8 Å². The van der Waals surface area contributed by atoms with E-state index in [0.717, 1.165) is 0 Å². The highest BCUT2D eigenvalue weighted by Gasteiger charge is 2.66. The highest BCUT2D eigenvalue weighted by atomic mass is 16.6. The van der Waals surface area contributed by atoms with Gasteiger partial charge in [0.05, 0.1) is 18.3 Å². The van der Waals surface area contributed by atoms with E-state index < -0.39 is 35.5 Å². The third-order valence-electron chi connectivity index (χ3n) is 8.09. The standard InChI is InChI=1S/C26H42O7/c1-8-9-20(30)33-26(7)13-18(29)21(14(2)3)22-23(26)19-12-15(4)17(28)10-11-25(6,24(22)31-19)32-16(5)27/h14,17-19,21-24,28-29H,4,8-13H2,1-3,5-7H3. The lowest BCUT2D eigenvalue weighted by atomic mass is 9.56. The van der Waals surface area contributed by atoms with Crippen molar-refractivity contribution in [3.63, 3.8) is 0 Å². The monoisotopic (exact) mass is 466 g/mol. The zero-order valence-corrected chi connectivity index (χ0v) is 21.0. The Balaban J connectivity index is 2.14. The molecule has 0 radical (unpaired) electrons. The Kier molecular flexibility index (Phi) is 7.67. The average Bonchev–Trinajstić information content (AvgIpc) is 3.06. The van der Waals surface area contributed by atoms with Crippen LogP contribution in [0.3, 0.4) is 0 Å². The molecule has 2 saturated heterocycles. The quantitative estimate of drug-likeness (QED) is 0.472. The van der Waals surface area contributed by atoms with Gasteiger partial charge in [0.15, 0.2) is 0 Å². The van der Waals surface area contributed by atoms with E-state index in [4.69, 9.17) is 14.2 Å². The highest BCUT2D eigenvalue weighted by Crippen LogP contribution is 2.58. The summed E-state index contributed by atoms with van der Waals surface area (Å²) >= 11 is 0. The lowest BCUT2D eigenvalue weighted by molar-refractivity contribution is -0.194. The van der Waals surface area contributed by atoms with Crippen molar-refractivity contribution in [1.29, 1.82) is 0 Å². The van der Waals surface area contributed by atoms with Crippen molar-refractivity contribution >= 4 is 11.9 Å². The summed E-state index contributed by atoms with van der Waals surface area (Å²) in [5, 5.41) is 22.0. The third-order valence-corrected chi connectivity index (χ3v) is 8.09. The molecule has 3 aliphatic rings. The van der Waals surface area contributed by atoms with E-state index in [1.165, 1.54) is 6.92 Å². The molecule has 188 valence electrons. The maximum Gasteiger partial charge on any atom is 0.306 e. The zero-order chi connectivity index (χ0) is 24.7. The number of esters is 2. The molecule has 0 aromatic carbocycles. The van der Waals surface area contributed by atoms with Gasteiger partial charge in [-0.15, -0.1) is 0 Å². The summed E-state index contributed by atoms with van der Waals surface area (Å²) in [6, 6.07) is 0. The Morgan fingerprint density at radius 2 is 1.88 bits per heavy atom. The van der Waals surface area contributed by atoms with Gasteiger partial charge in [-0.1, -0.05) is 27.4 Å². The van der Waals surface area contributed by atoms with Gasteiger partial charge in [-0.25, -0.2) is 0 Å². The first-order valence-corrected chi connectivity index (χ1v) is 12.4. The Morgan fingerprint density at radius 3 is 2.45 bits per heavy atom. The summed E-state index contributed by atoms with van der Waals surface area (Å²) in [6.07, 6.45) is 0.252. The van der Waals surface area contributed by atoms with E-state index in [1.54, 1.807) is 0 Å². The van der Waals surface area contributed by atoms with Crippen molar-refractivity contribution in [3.8, 4) is 0 Å². The fraction of sp³-hybridized carbons (Fsp3) is 0.846. The summed E-state index contributed by atoms with van der Waals surface area (Å²) < 4.78 is 18.7. The van der Waals surface area contributed by atoms with Crippen LogP contribution >= 0.6 is 0 Å². The molecule has 9 unspecified atom stereocenters. The molecule has 0 aromatic heterocycles. The first-order valence-electron chi connectivity index (χ1n) is 12.4. The molecule has 0 spiro atoms. The molecule has 7 heteroatoms. The molecular formula is C26H42O7. The maximum atomic E-state index is 12.6. The van der Waals surface area contributed by atoms with Crippen molar-refractivity contribution < 1.29 is 34.0 Å². The summed E-state index contributed by atoms with van der Waals surface area (Å²) in [6.45, 7) is 15.3. The fourth-order valence-electron chi connectivity index (χ4n) is 6.83. The average molecular weight is 467 g/mol. The minimum absolute atomic E-state index is 0.115. The van der Waals surface area contributed by atoms with Crippen LogP contribution in [0.4, 0.5) is 0 Å². The van der Waals surface area contributed by atoms with Crippen molar-refractivity contribution in [3.05, 3.63) is 12.2 Å². The second-order valence-electron chi connectivity index (χ2n) is 11.2. The van der Waals surface area contributed by atoms with Crippen LogP contribution in [0.15, 0.2) is 12.2 Å². The summed E-state index contributed by atoms with van der Waals surface area (Å²) in [7, 11) is 0. The predicted molar refractivity (Wildman–Crippen MR) is 123 cm³/mol. The maximum absolute atomic E-state index is 12.6. The molecule has 2 bridgehead atoms. The van der Waals surface area contributed by atoms with Crippen LogP contribution in [0.25, 0.3) is 0 Å². The van der Waals surface area contributed by atoms with Gasteiger partial charge in [-0.05, 0) is 56.9 Å². The molecule has 33 heavy (non-hydrogen) atoms. The van der Waals surface area contributed by atoms with Crippen LogP contribution in [0.2, 0.25) is 0 Å². The summed E-state index contributed by atoms with van der Waals surface area (Å²) in [5.74, 6) is -1.09. The summed E-state index contributed by atoms with van der Waals surface area (Å²) in [5.41, 5.74) is -1.27. The lowest BCUT2D eigenvalue weighted by Gasteiger charge is -2.52. The Morgan fingerprint density at radius 1 is 1.21 bits per heavy atom. The molecular weight excluding hydrogens is 424 g/mol. The number of fused-ring (bicyclic) bond motifs is 5. The smallest absolute Gasteiger partial charge is 0.306 e. The molecule has 9 atom stereocenters. The third kappa shape index (κ3) is 5.01. The van der Waals surface area contributed by atoms with E-state index in [2.05, 4.69) is 20.4 Å². The van der Waals surface area contributed by atoms with Crippen molar-refractivity contribution in [2.75, 3.05) is 0 Å². The molecule has 0 amide bonds. The van der Waals surface area contributed by atoms with Gasteiger partial charge in [0.1, 0.15) is 17.3 Å². The van der Waals surface area contributed by atoms with E-state index in [1.807, 2.05) is 20.8 Å². The molecule has 3 fully saturated rings. The normalized spacial score (nSPS) is 43.3. The SMILES string of the molecule is C=C1CC2OC(C3C(C(C)C)C(O)CC(C)(OC(=O)CCC)C23)C(C)(OC(C)=O)CCC1O. The van der Waals surface area contributed by atoms with Gasteiger partial charge in [0.2, 0.25) is 0 Å². The zero-order valence-electron chi connectivity index (χ0n) is 21.0. The van der Waals surface area contributed by atoms with Gasteiger partial charge in [-0.2, -0.15) is 0 Å². The van der Waals surface area contributed by atoms with Crippen molar-refractivity contribution in [2.24, 2.45) is 23.7 Å². The highest BCUT2D eigenvalue weighted by molar-refractivity contribution is 5.70. The van der Waals surface area contributed by atoms with E-state index in [0.29, 0.717) is 44.1 Å². The minimum Gasteiger partial charge on any atom is -0.459 e. The molecule has 7 nitrogen and oxygen atoms in total. The molecule has 1 saturated carbocycles. The van der Waals surface area contributed by atoms with Gasteiger partial charge >= 0.3 is 11.9 Å². The Bertz CT molecular complexity index is 764. The number of rotatable bonds is 5. The number of aliphatic hydroxyl groups excluding tert-OH is 2. The minimum atomic E-state index is -0.992. The van der Waals surface area contributed by atoms with Crippen LogP contribution in [-0.2, 0) is 23.8 Å². The topological polar surface area (TPSA) is 102 Å². The van der Waals surface area contributed by atoms with Gasteiger partial charge in [0.25, 0.3) is 0 Å². The molecule has 1 aliphatic carbocycles. The van der Waals surface area contributed by atoms with Crippen LogP contribution in [0, 0.1) is 23.7 Å². The van der Waals surface area contributed by atoms with Crippen molar-refractivity contribution in [1.82, 2.24) is 0 Å². The molecule has 3 rings (SSSR count). The first-order chi connectivity index (χ1) is 15.3. The van der Waals surface area contributed by atoms with Crippen LogP contribution in [-0.4, -0.2) is 57.8 Å². The Hall–Kier alpha value is -1.44. The number of carbonyl (C=O) groups excluding carboxylic acids is 2. The number of carbonyl (C=O) groups is 2. The predicted octanol–water partition coefficient (Wildman–Crippen LogP) is 3.55. The van der Waals surface area contributed by atoms with Crippen LogP contribution in [0.1, 0.15) is 80.1 Å². The van der Waals surface area contributed by atoms with E-state index >= 15 is 0 Å². The largest absolute Gasteiger partial charge is 0.459 e. The lowest BCUT2D eigenvalue weighted by Crippen LogP contribution is -2.60. The van der Waals surface area contributed by atoms with Crippen LogP contribution < -0.4 is 0 Å². The second-order valence-corrected chi connectivity index (χ2v) is 11.2. The number of hydrogen-bond acceptors (Lipinski definition) is 7. The number of hydrogen-bond donors (Lipinski definition) is 2. The van der Waals surface area contributed by atoms with Gasteiger partial charge < -0.3 is 24.4 Å². The van der Waals surface area contributed by atoms with E-state index in [-0.39, 0.29) is 35.7 Å². The van der Waals surface area contributed by atoms with Gasteiger partial charge in [0, 0.05) is 31.6 Å². The van der Waals surface area contributed by atoms with Crippen molar-refractivity contribution in [2.45, 2.75) is 116 Å². The number of ether oxygens (including phenoxy) is 3. The fourth-order valence-corrected chi connectivity index (χ4v) is 6.83.